The molecule has 0 bridgehead atoms. The van der Waals surface area contributed by atoms with Crippen LogP contribution < -0.4 is 0 Å². The predicted octanol–water partition coefficient (Wildman–Crippen LogP) is 2.42. The fourth-order valence-electron chi connectivity index (χ4n) is 3.55. The summed E-state index contributed by atoms with van der Waals surface area (Å²) in [6, 6.07) is 0. The Labute approximate surface area is 132 Å². The highest BCUT2D eigenvalue weighted by Gasteiger charge is 2.30. The molecule has 1 aliphatic heterocycles. The van der Waals surface area contributed by atoms with Crippen LogP contribution in [0.25, 0.3) is 0 Å². The first-order chi connectivity index (χ1) is 10.9. The highest BCUT2D eigenvalue weighted by molar-refractivity contribution is 5.01. The molecule has 5 nitrogen and oxygen atoms in total. The number of hydrogen-bond acceptors (Lipinski definition) is 5. The molecular weight excluding hydrogens is 276 g/mol. The van der Waals surface area contributed by atoms with Gasteiger partial charge in [0.15, 0.2) is 5.82 Å². The minimum atomic E-state index is 0.558. The number of rotatable bonds is 5. The average molecular weight is 302 g/mol. The van der Waals surface area contributed by atoms with Crippen molar-refractivity contribution in [3.05, 3.63) is 23.9 Å². The van der Waals surface area contributed by atoms with E-state index in [1.54, 1.807) is 0 Å². The topological polar surface area (TPSA) is 45.4 Å². The van der Waals surface area contributed by atoms with E-state index >= 15 is 0 Å². The van der Waals surface area contributed by atoms with Crippen LogP contribution in [0.5, 0.6) is 0 Å². The van der Waals surface area contributed by atoms with E-state index in [1.165, 1.54) is 51.7 Å². The third-order valence-electron chi connectivity index (χ3n) is 5.13. The predicted molar refractivity (Wildman–Crippen MR) is 84.5 cm³/mol. The largest absolute Gasteiger partial charge is 0.339 e. The maximum Gasteiger partial charge on any atom is 0.229 e. The monoisotopic (exact) mass is 302 g/mol. The minimum Gasteiger partial charge on any atom is -0.339 e. The molecule has 3 aliphatic rings. The molecule has 4 rings (SSSR count). The van der Waals surface area contributed by atoms with Crippen molar-refractivity contribution in [3.63, 3.8) is 0 Å². The number of piperazine rings is 1. The molecule has 2 fully saturated rings. The second kappa shape index (κ2) is 6.50. The summed E-state index contributed by atoms with van der Waals surface area (Å²) in [5, 5.41) is 4.14. The summed E-state index contributed by atoms with van der Waals surface area (Å²) < 4.78 is 5.35. The first-order valence-corrected chi connectivity index (χ1v) is 8.79. The van der Waals surface area contributed by atoms with Gasteiger partial charge in [0.05, 0.1) is 6.54 Å². The van der Waals surface area contributed by atoms with Gasteiger partial charge < -0.3 is 9.42 Å². The second-order valence-electron chi connectivity index (χ2n) is 7.05. The van der Waals surface area contributed by atoms with Gasteiger partial charge in [-0.15, -0.1) is 0 Å². The fourth-order valence-corrected chi connectivity index (χ4v) is 3.55. The third-order valence-corrected chi connectivity index (χ3v) is 5.13. The minimum absolute atomic E-state index is 0.558. The number of nitrogens with zero attached hydrogens (tertiary/aromatic N) is 4. The molecule has 1 aromatic rings. The number of aromatic nitrogens is 2. The molecular formula is C17H26N4O. The van der Waals surface area contributed by atoms with Crippen LogP contribution in [0.2, 0.25) is 0 Å². The average Bonchev–Trinajstić information content (AvgIpc) is 3.30. The molecule has 1 atom stereocenters. The van der Waals surface area contributed by atoms with E-state index in [4.69, 9.17) is 4.52 Å². The van der Waals surface area contributed by atoms with Gasteiger partial charge >= 0.3 is 0 Å². The van der Waals surface area contributed by atoms with Gasteiger partial charge in [-0.3, -0.25) is 4.90 Å². The Bertz CT molecular complexity index is 514. The van der Waals surface area contributed by atoms with Gasteiger partial charge in [0.25, 0.3) is 0 Å². The van der Waals surface area contributed by atoms with Crippen molar-refractivity contribution in [2.24, 2.45) is 5.92 Å². The molecule has 22 heavy (non-hydrogen) atoms. The third kappa shape index (κ3) is 3.58. The molecule has 0 amide bonds. The zero-order valence-corrected chi connectivity index (χ0v) is 13.3. The van der Waals surface area contributed by atoms with E-state index in [-0.39, 0.29) is 0 Å². The Kier molecular flexibility index (Phi) is 4.26. The lowest BCUT2D eigenvalue weighted by Crippen LogP contribution is -2.47. The summed E-state index contributed by atoms with van der Waals surface area (Å²) in [4.78, 5) is 9.63. The highest BCUT2D eigenvalue weighted by Crippen LogP contribution is 2.38. The molecule has 0 spiro atoms. The van der Waals surface area contributed by atoms with Crippen molar-refractivity contribution >= 4 is 0 Å². The molecule has 0 N–H and O–H groups in total. The maximum absolute atomic E-state index is 5.35. The summed E-state index contributed by atoms with van der Waals surface area (Å²) in [6.45, 7) is 6.70. The normalized spacial score (nSPS) is 27.4. The summed E-state index contributed by atoms with van der Waals surface area (Å²) in [5.74, 6) is 3.16. The van der Waals surface area contributed by atoms with Crippen LogP contribution >= 0.6 is 0 Å². The number of allylic oxidation sites excluding steroid dienone is 2. The van der Waals surface area contributed by atoms with Crippen molar-refractivity contribution in [2.75, 3.05) is 32.7 Å². The lowest BCUT2D eigenvalue weighted by Gasteiger charge is -2.36. The SMILES string of the molecule is C1=CC[C@@H](CN2CCN(Cc3noc(C4CC4)n3)CC2)CC1. The smallest absolute Gasteiger partial charge is 0.229 e. The zero-order chi connectivity index (χ0) is 14.8. The molecule has 2 aliphatic carbocycles. The first-order valence-electron chi connectivity index (χ1n) is 8.79. The van der Waals surface area contributed by atoms with E-state index < -0.39 is 0 Å². The van der Waals surface area contributed by atoms with Crippen molar-refractivity contribution in [2.45, 2.75) is 44.6 Å². The molecule has 1 aromatic heterocycles. The number of hydrogen-bond donors (Lipinski definition) is 0. The van der Waals surface area contributed by atoms with Crippen LogP contribution in [0.3, 0.4) is 0 Å². The van der Waals surface area contributed by atoms with Gasteiger partial charge in [-0.2, -0.15) is 4.98 Å². The zero-order valence-electron chi connectivity index (χ0n) is 13.3. The van der Waals surface area contributed by atoms with E-state index in [0.29, 0.717) is 5.92 Å². The van der Waals surface area contributed by atoms with Crippen LogP contribution in [0.15, 0.2) is 16.7 Å². The van der Waals surface area contributed by atoms with Gasteiger partial charge in [-0.05, 0) is 38.0 Å². The lowest BCUT2D eigenvalue weighted by molar-refractivity contribution is 0.109. The summed E-state index contributed by atoms with van der Waals surface area (Å²) in [5.41, 5.74) is 0. The van der Waals surface area contributed by atoms with E-state index in [0.717, 1.165) is 37.3 Å². The first kappa shape index (κ1) is 14.4. The van der Waals surface area contributed by atoms with Gasteiger partial charge in [0.1, 0.15) is 0 Å². The van der Waals surface area contributed by atoms with Crippen LogP contribution in [-0.2, 0) is 6.54 Å². The molecule has 5 heteroatoms. The van der Waals surface area contributed by atoms with Gasteiger partial charge in [-0.1, -0.05) is 17.3 Å². The lowest BCUT2D eigenvalue weighted by atomic mass is 9.94. The fraction of sp³-hybridized carbons (Fsp3) is 0.765. The Balaban J connectivity index is 1.22. The van der Waals surface area contributed by atoms with Gasteiger partial charge in [-0.25, -0.2) is 0 Å². The van der Waals surface area contributed by atoms with Gasteiger partial charge in [0, 0.05) is 38.6 Å². The van der Waals surface area contributed by atoms with Gasteiger partial charge in [0.2, 0.25) is 5.89 Å². The van der Waals surface area contributed by atoms with E-state index in [9.17, 15) is 0 Å². The quantitative estimate of drug-likeness (QED) is 0.782. The standard InChI is InChI=1S/C17H26N4O/c1-2-4-14(5-3-1)12-20-8-10-21(11-9-20)13-16-18-17(22-19-16)15-6-7-15/h1-2,14-15H,3-13H2/t14-/m1/s1. The Hall–Kier alpha value is -1.20. The molecule has 1 saturated heterocycles. The molecule has 120 valence electrons. The molecule has 0 aromatic carbocycles. The maximum atomic E-state index is 5.35. The second-order valence-corrected chi connectivity index (χ2v) is 7.05. The summed E-state index contributed by atoms with van der Waals surface area (Å²) >= 11 is 0. The summed E-state index contributed by atoms with van der Waals surface area (Å²) in [6.07, 6.45) is 11.0. The Morgan fingerprint density at radius 3 is 2.59 bits per heavy atom. The van der Waals surface area contributed by atoms with Crippen LogP contribution in [0.1, 0.15) is 49.7 Å². The molecule has 1 saturated carbocycles. The van der Waals surface area contributed by atoms with Crippen molar-refractivity contribution < 1.29 is 4.52 Å². The van der Waals surface area contributed by atoms with Crippen molar-refractivity contribution in [1.82, 2.24) is 19.9 Å². The van der Waals surface area contributed by atoms with E-state index in [2.05, 4.69) is 32.1 Å². The van der Waals surface area contributed by atoms with Crippen LogP contribution in [0.4, 0.5) is 0 Å². The Morgan fingerprint density at radius 2 is 1.86 bits per heavy atom. The molecule has 0 radical (unpaired) electrons. The van der Waals surface area contributed by atoms with Crippen molar-refractivity contribution in [3.8, 4) is 0 Å². The van der Waals surface area contributed by atoms with Crippen molar-refractivity contribution in [1.29, 1.82) is 0 Å². The Morgan fingerprint density at radius 1 is 1.05 bits per heavy atom. The molecule has 0 unspecified atom stereocenters. The highest BCUT2D eigenvalue weighted by atomic mass is 16.5. The van der Waals surface area contributed by atoms with Crippen LogP contribution in [-0.4, -0.2) is 52.7 Å². The molecule has 2 heterocycles. The van der Waals surface area contributed by atoms with Crippen LogP contribution in [0, 0.1) is 5.92 Å². The summed E-state index contributed by atoms with van der Waals surface area (Å²) in [7, 11) is 0. The van der Waals surface area contributed by atoms with E-state index in [1.807, 2.05) is 0 Å².